The molecule has 0 saturated heterocycles. The van der Waals surface area contributed by atoms with Crippen molar-refractivity contribution in [2.24, 2.45) is 0 Å². The van der Waals surface area contributed by atoms with Crippen LogP contribution in [0.3, 0.4) is 0 Å². The molecule has 0 aliphatic heterocycles. The molecule has 6 nitrogen and oxygen atoms in total. The van der Waals surface area contributed by atoms with Gasteiger partial charge >= 0.3 is 5.97 Å². The minimum Gasteiger partial charge on any atom is -0.480 e. The Morgan fingerprint density at radius 3 is 2.83 bits per heavy atom. The van der Waals surface area contributed by atoms with E-state index < -0.39 is 5.97 Å². The number of carboxylic acid groups (broad SMARTS) is 1. The van der Waals surface area contributed by atoms with Crippen molar-refractivity contribution in [3.63, 3.8) is 0 Å². The van der Waals surface area contributed by atoms with Crippen molar-refractivity contribution in [1.29, 1.82) is 0 Å². The SMILES string of the molecule is CCCN(CC(=O)O)C(=O)c1conc1C1CC1. The van der Waals surface area contributed by atoms with Gasteiger partial charge in [0.15, 0.2) is 0 Å². The number of aromatic nitrogens is 1. The third-order valence-corrected chi connectivity index (χ3v) is 2.90. The lowest BCUT2D eigenvalue weighted by Gasteiger charge is -2.19. The highest BCUT2D eigenvalue weighted by atomic mass is 16.5. The van der Waals surface area contributed by atoms with Crippen molar-refractivity contribution in [3.05, 3.63) is 17.5 Å². The number of nitrogens with zero attached hydrogens (tertiary/aromatic N) is 2. The monoisotopic (exact) mass is 252 g/mol. The fraction of sp³-hybridized carbons (Fsp3) is 0.583. The van der Waals surface area contributed by atoms with Crippen molar-refractivity contribution < 1.29 is 19.2 Å². The minimum absolute atomic E-state index is 0.290. The quantitative estimate of drug-likeness (QED) is 0.829. The summed E-state index contributed by atoms with van der Waals surface area (Å²) in [5, 5.41) is 12.7. The van der Waals surface area contributed by atoms with Gasteiger partial charge in [-0.3, -0.25) is 9.59 Å². The van der Waals surface area contributed by atoms with E-state index in [0.717, 1.165) is 12.8 Å². The number of hydrogen-bond acceptors (Lipinski definition) is 4. The van der Waals surface area contributed by atoms with Crippen LogP contribution in [0.2, 0.25) is 0 Å². The highest BCUT2D eigenvalue weighted by Gasteiger charge is 2.33. The largest absolute Gasteiger partial charge is 0.480 e. The van der Waals surface area contributed by atoms with Crippen molar-refractivity contribution in [2.75, 3.05) is 13.1 Å². The zero-order valence-corrected chi connectivity index (χ0v) is 10.3. The number of carbonyl (C=O) groups is 2. The molecule has 2 rings (SSSR count). The molecule has 1 N–H and O–H groups in total. The molecule has 1 aliphatic carbocycles. The molecule has 1 aliphatic rings. The first-order chi connectivity index (χ1) is 8.63. The molecule has 1 heterocycles. The predicted molar refractivity (Wildman–Crippen MR) is 62.3 cm³/mol. The van der Waals surface area contributed by atoms with Gasteiger partial charge < -0.3 is 14.5 Å². The summed E-state index contributed by atoms with van der Waals surface area (Å²) < 4.78 is 4.86. The van der Waals surface area contributed by atoms with Crippen molar-refractivity contribution in [1.82, 2.24) is 10.1 Å². The third kappa shape index (κ3) is 2.69. The van der Waals surface area contributed by atoms with Crippen LogP contribution in [0, 0.1) is 0 Å². The number of aliphatic carboxylic acids is 1. The van der Waals surface area contributed by atoms with Crippen LogP contribution in [0.1, 0.15) is 48.2 Å². The van der Waals surface area contributed by atoms with Gasteiger partial charge in [0.25, 0.3) is 5.91 Å². The van der Waals surface area contributed by atoms with E-state index in [1.165, 1.54) is 11.2 Å². The maximum absolute atomic E-state index is 12.2. The van der Waals surface area contributed by atoms with Crippen molar-refractivity contribution in [2.45, 2.75) is 32.1 Å². The van der Waals surface area contributed by atoms with Crippen LogP contribution in [0.15, 0.2) is 10.8 Å². The standard InChI is InChI=1S/C12H16N2O4/c1-2-5-14(6-10(15)16)12(17)9-7-18-13-11(9)8-3-4-8/h7-8H,2-6H2,1H3,(H,15,16). The van der Waals surface area contributed by atoms with Crippen LogP contribution < -0.4 is 0 Å². The Hall–Kier alpha value is -1.85. The average molecular weight is 252 g/mol. The Kier molecular flexibility index (Phi) is 3.64. The highest BCUT2D eigenvalue weighted by molar-refractivity contribution is 5.96. The summed E-state index contributed by atoms with van der Waals surface area (Å²) >= 11 is 0. The van der Waals surface area contributed by atoms with Gasteiger partial charge in [0.05, 0.1) is 5.69 Å². The predicted octanol–water partition coefficient (Wildman–Crippen LogP) is 1.49. The molecular formula is C12H16N2O4. The van der Waals surface area contributed by atoms with Gasteiger partial charge in [0, 0.05) is 12.5 Å². The van der Waals surface area contributed by atoms with E-state index in [9.17, 15) is 9.59 Å². The lowest BCUT2D eigenvalue weighted by atomic mass is 10.1. The summed E-state index contributed by atoms with van der Waals surface area (Å²) in [5.41, 5.74) is 1.08. The minimum atomic E-state index is -1.01. The summed E-state index contributed by atoms with van der Waals surface area (Å²) in [6.45, 7) is 2.03. The molecule has 0 atom stereocenters. The second kappa shape index (κ2) is 5.20. The van der Waals surface area contributed by atoms with Crippen molar-refractivity contribution >= 4 is 11.9 Å². The number of carboxylic acids is 1. The van der Waals surface area contributed by atoms with Crippen LogP contribution in [-0.4, -0.2) is 40.1 Å². The first-order valence-electron chi connectivity index (χ1n) is 6.08. The van der Waals surface area contributed by atoms with Crippen LogP contribution in [0.25, 0.3) is 0 Å². The Balaban J connectivity index is 2.15. The van der Waals surface area contributed by atoms with Crippen LogP contribution in [-0.2, 0) is 4.79 Å². The number of hydrogen-bond donors (Lipinski definition) is 1. The van der Waals surface area contributed by atoms with Gasteiger partial charge in [0.2, 0.25) is 0 Å². The number of amides is 1. The van der Waals surface area contributed by atoms with E-state index in [0.29, 0.717) is 30.1 Å². The fourth-order valence-corrected chi connectivity index (χ4v) is 1.91. The lowest BCUT2D eigenvalue weighted by molar-refractivity contribution is -0.137. The molecule has 98 valence electrons. The molecule has 0 unspecified atom stereocenters. The Morgan fingerprint density at radius 2 is 2.28 bits per heavy atom. The van der Waals surface area contributed by atoms with E-state index in [2.05, 4.69) is 5.16 Å². The molecule has 0 spiro atoms. The summed E-state index contributed by atoms with van der Waals surface area (Å²) in [5.74, 6) is -1.01. The second-order valence-corrected chi connectivity index (χ2v) is 4.51. The summed E-state index contributed by atoms with van der Waals surface area (Å²) in [4.78, 5) is 24.3. The van der Waals surface area contributed by atoms with Gasteiger partial charge in [0.1, 0.15) is 18.4 Å². The molecule has 0 radical (unpaired) electrons. The number of carbonyl (C=O) groups excluding carboxylic acids is 1. The zero-order valence-electron chi connectivity index (χ0n) is 10.3. The van der Waals surface area contributed by atoms with Gasteiger partial charge in [-0.15, -0.1) is 0 Å². The molecule has 1 amide bonds. The topological polar surface area (TPSA) is 83.6 Å². The number of rotatable bonds is 6. The Labute approximate surface area is 105 Å². The van der Waals surface area contributed by atoms with E-state index in [1.807, 2.05) is 6.92 Å². The van der Waals surface area contributed by atoms with Gasteiger partial charge in [-0.2, -0.15) is 0 Å². The molecule has 1 aromatic rings. The molecule has 18 heavy (non-hydrogen) atoms. The lowest BCUT2D eigenvalue weighted by Crippen LogP contribution is -2.36. The van der Waals surface area contributed by atoms with Crippen LogP contribution in [0.4, 0.5) is 0 Å². The molecule has 1 saturated carbocycles. The Bertz CT molecular complexity index is 451. The van der Waals surface area contributed by atoms with E-state index in [-0.39, 0.29) is 12.5 Å². The van der Waals surface area contributed by atoms with E-state index >= 15 is 0 Å². The molecular weight excluding hydrogens is 236 g/mol. The van der Waals surface area contributed by atoms with Gasteiger partial charge in [-0.25, -0.2) is 0 Å². The van der Waals surface area contributed by atoms with E-state index in [4.69, 9.17) is 9.63 Å². The third-order valence-electron chi connectivity index (χ3n) is 2.90. The van der Waals surface area contributed by atoms with Gasteiger partial charge in [-0.1, -0.05) is 12.1 Å². The first-order valence-corrected chi connectivity index (χ1v) is 6.08. The van der Waals surface area contributed by atoms with E-state index in [1.54, 1.807) is 0 Å². The maximum atomic E-state index is 12.2. The molecule has 0 bridgehead atoms. The summed E-state index contributed by atoms with van der Waals surface area (Å²) in [6.07, 6.45) is 4.06. The Morgan fingerprint density at radius 1 is 1.56 bits per heavy atom. The second-order valence-electron chi connectivity index (χ2n) is 4.51. The molecule has 1 aromatic heterocycles. The zero-order chi connectivity index (χ0) is 13.1. The molecule has 6 heteroatoms. The van der Waals surface area contributed by atoms with Gasteiger partial charge in [-0.05, 0) is 19.3 Å². The maximum Gasteiger partial charge on any atom is 0.323 e. The molecule has 1 fully saturated rings. The highest BCUT2D eigenvalue weighted by Crippen LogP contribution is 2.40. The fourth-order valence-electron chi connectivity index (χ4n) is 1.91. The average Bonchev–Trinajstić information content (AvgIpc) is 3.05. The van der Waals surface area contributed by atoms with Crippen LogP contribution >= 0.6 is 0 Å². The smallest absolute Gasteiger partial charge is 0.323 e. The summed E-state index contributed by atoms with van der Waals surface area (Å²) in [7, 11) is 0. The normalized spacial score (nSPS) is 14.5. The molecule has 0 aromatic carbocycles. The van der Waals surface area contributed by atoms with Crippen LogP contribution in [0.5, 0.6) is 0 Å². The first kappa shape index (κ1) is 12.6. The van der Waals surface area contributed by atoms with Crippen molar-refractivity contribution in [3.8, 4) is 0 Å². The summed E-state index contributed by atoms with van der Waals surface area (Å²) in [6, 6.07) is 0.